The van der Waals surface area contributed by atoms with Crippen molar-refractivity contribution in [2.75, 3.05) is 6.61 Å². The second kappa shape index (κ2) is 13.2. The van der Waals surface area contributed by atoms with Gasteiger partial charge in [0, 0.05) is 6.42 Å². The van der Waals surface area contributed by atoms with Crippen LogP contribution in [0.4, 0.5) is 4.39 Å². The second-order valence-electron chi connectivity index (χ2n) is 7.63. The molecule has 1 aromatic heterocycles. The van der Waals surface area contributed by atoms with Crippen LogP contribution in [0.15, 0.2) is 39.6 Å². The van der Waals surface area contributed by atoms with E-state index in [9.17, 15) is 9.18 Å². The summed E-state index contributed by atoms with van der Waals surface area (Å²) in [6, 6.07) is 5.11. The van der Waals surface area contributed by atoms with Crippen molar-refractivity contribution in [1.29, 1.82) is 0 Å². The third-order valence-corrected chi connectivity index (χ3v) is 5.19. The molecule has 0 radical (unpaired) electrons. The third-order valence-electron chi connectivity index (χ3n) is 5.19. The monoisotopic (exact) mass is 402 g/mol. The Bertz CT molecular complexity index is 823. The summed E-state index contributed by atoms with van der Waals surface area (Å²) in [4.78, 5) is 12.3. The van der Waals surface area contributed by atoms with Gasteiger partial charge < -0.3 is 9.15 Å². The maximum absolute atomic E-state index is 14.7. The first-order valence-electron chi connectivity index (χ1n) is 11.2. The van der Waals surface area contributed by atoms with Crippen LogP contribution in [0.3, 0.4) is 0 Å². The summed E-state index contributed by atoms with van der Waals surface area (Å²) >= 11 is 0. The number of rotatable bonds is 14. The molecule has 0 saturated heterocycles. The first kappa shape index (κ1) is 23.2. The molecule has 0 spiro atoms. The highest BCUT2D eigenvalue weighted by molar-refractivity contribution is 5.83. The molecule has 0 bridgehead atoms. The number of benzene rings is 1. The molecular weight excluding hydrogens is 367 g/mol. The Morgan fingerprint density at radius 3 is 2.41 bits per heavy atom. The van der Waals surface area contributed by atoms with Gasteiger partial charge >= 0.3 is 5.63 Å². The van der Waals surface area contributed by atoms with E-state index in [-0.39, 0.29) is 11.1 Å². The summed E-state index contributed by atoms with van der Waals surface area (Å²) in [5.41, 5.74) is -0.621. The molecule has 0 amide bonds. The maximum Gasteiger partial charge on any atom is 0.346 e. The van der Waals surface area contributed by atoms with Crippen LogP contribution in [-0.2, 0) is 6.42 Å². The molecule has 0 fully saturated rings. The molecule has 1 heterocycles. The van der Waals surface area contributed by atoms with Crippen LogP contribution in [0.1, 0.15) is 83.8 Å². The van der Waals surface area contributed by atoms with Crippen molar-refractivity contribution in [2.45, 2.75) is 84.5 Å². The maximum atomic E-state index is 14.7. The van der Waals surface area contributed by atoms with Gasteiger partial charge in [0.1, 0.15) is 11.1 Å². The lowest BCUT2D eigenvalue weighted by Crippen LogP contribution is -2.07. The molecule has 29 heavy (non-hydrogen) atoms. The number of ether oxygens (including phenoxy) is 1. The lowest BCUT2D eigenvalue weighted by atomic mass is 10.1. The van der Waals surface area contributed by atoms with Crippen LogP contribution in [0, 0.1) is 5.82 Å². The van der Waals surface area contributed by atoms with Crippen molar-refractivity contribution in [1.82, 2.24) is 0 Å². The number of aryl methyl sites for hydroxylation is 1. The van der Waals surface area contributed by atoms with Crippen molar-refractivity contribution in [3.63, 3.8) is 0 Å². The topological polar surface area (TPSA) is 39.4 Å². The number of fused-ring (bicyclic) bond motifs is 1. The fourth-order valence-electron chi connectivity index (χ4n) is 3.52. The van der Waals surface area contributed by atoms with E-state index in [1.165, 1.54) is 44.9 Å². The predicted octanol–water partition coefficient (Wildman–Crippen LogP) is 7.35. The van der Waals surface area contributed by atoms with Crippen LogP contribution >= 0.6 is 0 Å². The average Bonchev–Trinajstić information content (AvgIpc) is 2.71. The summed E-state index contributed by atoms with van der Waals surface area (Å²) in [6.07, 6.45) is 16.5. The van der Waals surface area contributed by atoms with Gasteiger partial charge in [0.15, 0.2) is 11.6 Å². The van der Waals surface area contributed by atoms with Crippen molar-refractivity contribution in [3.05, 3.63) is 52.3 Å². The van der Waals surface area contributed by atoms with E-state index < -0.39 is 11.4 Å². The molecule has 1 aromatic carbocycles. The minimum atomic E-state index is -0.633. The fraction of sp³-hybridized carbons (Fsp3) is 0.560. The molecule has 4 heteroatoms. The van der Waals surface area contributed by atoms with Gasteiger partial charge in [0.25, 0.3) is 0 Å². The Morgan fingerprint density at radius 2 is 1.72 bits per heavy atom. The standard InChI is InChI=1S/C25H35FO3/c1-3-5-7-8-9-10-11-12-13-15-21-19-20-16-17-22(28-18-14-6-4-2)24(26)23(20)25(27)29-21/h4,6,16-17,19H,3,5,7-15,18H2,1-2H3/b6-4+. The summed E-state index contributed by atoms with van der Waals surface area (Å²) in [7, 11) is 0. The quantitative estimate of drug-likeness (QED) is 0.245. The molecule has 160 valence electrons. The third kappa shape index (κ3) is 7.68. The van der Waals surface area contributed by atoms with E-state index in [0.717, 1.165) is 12.8 Å². The Kier molecular flexibility index (Phi) is 10.5. The SMILES string of the molecule is C/C=C/CCOc1ccc2cc(CCCCCCCCCCC)oc(=O)c2c1F. The largest absolute Gasteiger partial charge is 0.490 e. The van der Waals surface area contributed by atoms with Gasteiger partial charge in [0.2, 0.25) is 0 Å². The Labute approximate surface area is 174 Å². The number of unbranched alkanes of at least 4 members (excludes halogenated alkanes) is 8. The Morgan fingerprint density at radius 1 is 1.03 bits per heavy atom. The zero-order chi connectivity index (χ0) is 20.9. The lowest BCUT2D eigenvalue weighted by molar-refractivity contribution is 0.309. The van der Waals surface area contributed by atoms with E-state index in [1.54, 1.807) is 18.2 Å². The first-order valence-corrected chi connectivity index (χ1v) is 11.2. The molecule has 3 nitrogen and oxygen atoms in total. The van der Waals surface area contributed by atoms with Crippen LogP contribution in [0.25, 0.3) is 10.8 Å². The smallest absolute Gasteiger partial charge is 0.346 e. The highest BCUT2D eigenvalue weighted by Crippen LogP contribution is 2.25. The first-order chi connectivity index (χ1) is 14.2. The van der Waals surface area contributed by atoms with Crippen molar-refractivity contribution < 1.29 is 13.5 Å². The number of hydrogen-bond acceptors (Lipinski definition) is 3. The van der Waals surface area contributed by atoms with Gasteiger partial charge in [-0.2, -0.15) is 0 Å². The average molecular weight is 403 g/mol. The second-order valence-corrected chi connectivity index (χ2v) is 7.63. The number of allylic oxidation sites excluding steroid dienone is 1. The molecule has 0 saturated carbocycles. The molecule has 0 atom stereocenters. The number of hydrogen-bond donors (Lipinski definition) is 0. The summed E-state index contributed by atoms with van der Waals surface area (Å²) in [6.45, 7) is 4.53. The molecule has 0 unspecified atom stereocenters. The Hall–Kier alpha value is -2.10. The highest BCUT2D eigenvalue weighted by Gasteiger charge is 2.14. The van der Waals surface area contributed by atoms with Gasteiger partial charge in [-0.3, -0.25) is 0 Å². The van der Waals surface area contributed by atoms with Gasteiger partial charge in [-0.1, -0.05) is 76.5 Å². The van der Waals surface area contributed by atoms with Crippen molar-refractivity contribution in [2.24, 2.45) is 0 Å². The highest BCUT2D eigenvalue weighted by atomic mass is 19.1. The molecule has 0 aliphatic heterocycles. The summed E-state index contributed by atoms with van der Waals surface area (Å²) in [5, 5.41) is 0.551. The van der Waals surface area contributed by atoms with E-state index in [1.807, 2.05) is 19.1 Å². The van der Waals surface area contributed by atoms with Crippen LogP contribution in [0.5, 0.6) is 5.75 Å². The molecule has 0 aliphatic rings. The lowest BCUT2D eigenvalue weighted by Gasteiger charge is -2.08. The molecule has 0 aliphatic carbocycles. The minimum absolute atomic E-state index is 0.0237. The van der Waals surface area contributed by atoms with Crippen LogP contribution in [0.2, 0.25) is 0 Å². The normalized spacial score (nSPS) is 11.6. The Balaban J connectivity index is 1.86. The van der Waals surface area contributed by atoms with Crippen molar-refractivity contribution in [3.8, 4) is 5.75 Å². The van der Waals surface area contributed by atoms with Crippen LogP contribution in [-0.4, -0.2) is 6.61 Å². The molecule has 2 aromatic rings. The van der Waals surface area contributed by atoms with E-state index in [0.29, 0.717) is 30.6 Å². The van der Waals surface area contributed by atoms with E-state index >= 15 is 0 Å². The van der Waals surface area contributed by atoms with Gasteiger partial charge in [0.05, 0.1) is 6.61 Å². The summed E-state index contributed by atoms with van der Waals surface area (Å²) < 4.78 is 25.5. The molecule has 2 rings (SSSR count). The van der Waals surface area contributed by atoms with E-state index in [2.05, 4.69) is 6.92 Å². The van der Waals surface area contributed by atoms with Crippen LogP contribution < -0.4 is 10.4 Å². The van der Waals surface area contributed by atoms with Gasteiger partial charge in [-0.25, -0.2) is 9.18 Å². The molecular formula is C25H35FO3. The van der Waals surface area contributed by atoms with Crippen molar-refractivity contribution >= 4 is 10.8 Å². The minimum Gasteiger partial charge on any atom is -0.490 e. The van der Waals surface area contributed by atoms with Gasteiger partial charge in [-0.05, 0) is 37.3 Å². The summed E-state index contributed by atoms with van der Waals surface area (Å²) in [5.74, 6) is 0.0962. The fourth-order valence-corrected chi connectivity index (χ4v) is 3.52. The molecule has 0 N–H and O–H groups in total. The number of halogens is 1. The predicted molar refractivity (Wildman–Crippen MR) is 118 cm³/mol. The zero-order valence-electron chi connectivity index (χ0n) is 18.0. The zero-order valence-corrected chi connectivity index (χ0v) is 18.0. The van der Waals surface area contributed by atoms with E-state index in [4.69, 9.17) is 9.15 Å². The van der Waals surface area contributed by atoms with Gasteiger partial charge in [-0.15, -0.1) is 0 Å².